The third-order valence-corrected chi connectivity index (χ3v) is 8.00. The van der Waals surface area contributed by atoms with E-state index in [0.29, 0.717) is 6.42 Å². The molecular formula is C33H44N4O4. The number of hydrogen-bond acceptors (Lipinski definition) is 4. The van der Waals surface area contributed by atoms with Gasteiger partial charge in [-0.05, 0) is 37.1 Å². The fraction of sp³-hybridized carbons (Fsp3) is 0.424. The molecule has 0 unspecified atom stereocenters. The van der Waals surface area contributed by atoms with Crippen molar-refractivity contribution in [2.45, 2.75) is 64.6 Å². The Balaban J connectivity index is 1.97. The molecule has 220 valence electrons. The van der Waals surface area contributed by atoms with Gasteiger partial charge in [-0.3, -0.25) is 9.59 Å². The van der Waals surface area contributed by atoms with Crippen LogP contribution in [0.4, 0.5) is 0 Å². The molecule has 0 aliphatic rings. The molecule has 2 amide bonds. The number of carbonyl (C=O) groups excluding carboxylic acids is 2. The highest BCUT2D eigenvalue weighted by Gasteiger charge is 2.39. The van der Waals surface area contributed by atoms with Gasteiger partial charge >= 0.3 is 5.97 Å². The zero-order valence-electron chi connectivity index (χ0n) is 25.4. The van der Waals surface area contributed by atoms with Gasteiger partial charge in [0.05, 0.1) is 12.1 Å². The van der Waals surface area contributed by atoms with Gasteiger partial charge in [0.1, 0.15) is 6.04 Å². The Morgan fingerprint density at radius 1 is 1.05 bits per heavy atom. The van der Waals surface area contributed by atoms with E-state index in [0.717, 1.165) is 22.0 Å². The predicted octanol–water partition coefficient (Wildman–Crippen LogP) is 4.29. The van der Waals surface area contributed by atoms with E-state index in [1.807, 2.05) is 77.2 Å². The summed E-state index contributed by atoms with van der Waals surface area (Å²) in [4.78, 5) is 41.1. The molecule has 3 aromatic rings. The highest BCUT2D eigenvalue weighted by molar-refractivity contribution is 5.93. The Labute approximate surface area is 243 Å². The van der Waals surface area contributed by atoms with Crippen molar-refractivity contribution in [2.24, 2.45) is 13.0 Å². The lowest BCUT2D eigenvalue weighted by Gasteiger charge is -2.36. The highest BCUT2D eigenvalue weighted by atomic mass is 16.4. The smallest absolute Gasteiger partial charge is 0.331 e. The molecule has 0 saturated carbocycles. The molecule has 41 heavy (non-hydrogen) atoms. The first-order valence-corrected chi connectivity index (χ1v) is 14.0. The molecule has 0 saturated heterocycles. The van der Waals surface area contributed by atoms with Crippen molar-refractivity contribution >= 4 is 28.7 Å². The third-order valence-electron chi connectivity index (χ3n) is 8.00. The number of rotatable bonds is 12. The fourth-order valence-corrected chi connectivity index (χ4v) is 5.61. The summed E-state index contributed by atoms with van der Waals surface area (Å²) < 4.78 is 2.06. The van der Waals surface area contributed by atoms with Gasteiger partial charge in [0.15, 0.2) is 0 Å². The van der Waals surface area contributed by atoms with E-state index < -0.39 is 29.5 Å². The van der Waals surface area contributed by atoms with Gasteiger partial charge in [-0.15, -0.1) is 0 Å². The molecule has 0 aliphatic carbocycles. The van der Waals surface area contributed by atoms with Crippen LogP contribution in [0.25, 0.3) is 10.9 Å². The van der Waals surface area contributed by atoms with E-state index in [4.69, 9.17) is 0 Å². The molecule has 3 atom stereocenters. The van der Waals surface area contributed by atoms with Crippen LogP contribution in [-0.2, 0) is 33.3 Å². The number of nitrogens with zero attached hydrogens (tertiary/aromatic N) is 2. The minimum absolute atomic E-state index is 0.0401. The first-order valence-electron chi connectivity index (χ1n) is 14.0. The second-order valence-electron chi connectivity index (χ2n) is 11.7. The second-order valence-corrected chi connectivity index (χ2v) is 11.7. The van der Waals surface area contributed by atoms with Crippen molar-refractivity contribution in [3.8, 4) is 0 Å². The first-order chi connectivity index (χ1) is 19.3. The summed E-state index contributed by atoms with van der Waals surface area (Å²) in [5.74, 6) is -1.64. The van der Waals surface area contributed by atoms with E-state index in [1.54, 1.807) is 25.1 Å². The molecular weight excluding hydrogens is 516 g/mol. The van der Waals surface area contributed by atoms with Crippen LogP contribution < -0.4 is 10.6 Å². The third kappa shape index (κ3) is 7.06. The zero-order chi connectivity index (χ0) is 30.5. The molecule has 3 N–H and O–H groups in total. The van der Waals surface area contributed by atoms with Crippen molar-refractivity contribution in [2.75, 3.05) is 14.1 Å². The van der Waals surface area contributed by atoms with Crippen LogP contribution in [0, 0.1) is 5.92 Å². The van der Waals surface area contributed by atoms with Crippen molar-refractivity contribution in [3.05, 3.63) is 83.6 Å². The molecule has 0 bridgehead atoms. The molecule has 0 spiro atoms. The summed E-state index contributed by atoms with van der Waals surface area (Å²) in [5.41, 5.74) is 2.57. The number of nitrogens with one attached hydrogen (secondary N) is 2. The summed E-state index contributed by atoms with van der Waals surface area (Å²) >= 11 is 0. The predicted molar refractivity (Wildman–Crippen MR) is 164 cm³/mol. The second kappa shape index (κ2) is 13.2. The quantitative estimate of drug-likeness (QED) is 0.287. The number of para-hydroxylation sites is 1. The number of carbonyl (C=O) groups is 3. The van der Waals surface area contributed by atoms with Gasteiger partial charge in [-0.1, -0.05) is 82.3 Å². The summed E-state index contributed by atoms with van der Waals surface area (Å²) in [6.45, 7) is 9.46. The van der Waals surface area contributed by atoms with Gasteiger partial charge in [-0.2, -0.15) is 0 Å². The Bertz CT molecular complexity index is 1410. The maximum Gasteiger partial charge on any atom is 0.331 e. The monoisotopic (exact) mass is 560 g/mol. The first kappa shape index (κ1) is 31.6. The summed E-state index contributed by atoms with van der Waals surface area (Å²) in [7, 11) is 5.41. The van der Waals surface area contributed by atoms with Crippen LogP contribution in [0.15, 0.2) is 72.4 Å². The number of fused-ring (bicyclic) bond motifs is 1. The number of hydrogen-bond donors (Lipinski definition) is 3. The van der Waals surface area contributed by atoms with Crippen LogP contribution >= 0.6 is 0 Å². The number of benzene rings is 2. The van der Waals surface area contributed by atoms with Crippen molar-refractivity contribution < 1.29 is 19.5 Å². The minimum Gasteiger partial charge on any atom is -0.478 e. The molecule has 1 aromatic heterocycles. The topological polar surface area (TPSA) is 104 Å². The van der Waals surface area contributed by atoms with Gasteiger partial charge in [0.25, 0.3) is 0 Å². The molecule has 8 nitrogen and oxygen atoms in total. The summed E-state index contributed by atoms with van der Waals surface area (Å²) in [6, 6.07) is 15.7. The summed E-state index contributed by atoms with van der Waals surface area (Å²) in [5, 5.41) is 16.8. The number of aliphatic carboxylic acids is 1. The van der Waals surface area contributed by atoms with Crippen LogP contribution in [0.1, 0.15) is 45.7 Å². The Morgan fingerprint density at radius 3 is 2.24 bits per heavy atom. The van der Waals surface area contributed by atoms with E-state index in [-0.39, 0.29) is 23.3 Å². The molecule has 0 aliphatic heterocycles. The molecule has 0 radical (unpaired) electrons. The number of carboxylic acid groups (broad SMARTS) is 1. The maximum absolute atomic E-state index is 14.0. The largest absolute Gasteiger partial charge is 0.478 e. The molecule has 3 rings (SSSR count). The van der Waals surface area contributed by atoms with Gasteiger partial charge in [-0.25, -0.2) is 4.79 Å². The maximum atomic E-state index is 14.0. The number of aryl methyl sites for hydroxylation is 1. The number of aromatic nitrogens is 1. The normalized spacial score (nSPS) is 14.5. The Kier molecular flexibility index (Phi) is 10.2. The molecule has 8 heteroatoms. The van der Waals surface area contributed by atoms with Crippen molar-refractivity contribution in [1.82, 2.24) is 20.1 Å². The zero-order valence-corrected chi connectivity index (χ0v) is 25.4. The van der Waals surface area contributed by atoms with Crippen LogP contribution in [-0.4, -0.2) is 64.6 Å². The lowest BCUT2D eigenvalue weighted by molar-refractivity contribution is -0.138. The minimum atomic E-state index is -1.03. The van der Waals surface area contributed by atoms with E-state index in [1.165, 1.54) is 6.92 Å². The Morgan fingerprint density at radius 2 is 1.66 bits per heavy atom. The SMILES string of the molecule is CN[C@H](C(=O)N[C@@H](Cc1ccccc1)C(=O)N(C)[C@H](/C=C(\C)C(=O)O)C(C)C)C(C)(C)c1cn(C)c2ccccc12. The number of carboxylic acids is 1. The van der Waals surface area contributed by atoms with E-state index in [2.05, 4.69) is 33.5 Å². The molecule has 1 heterocycles. The standard InChI is InChI=1S/C33H44N4O4/c1-21(2)28(18-22(3)32(40)41)37(8)31(39)26(19-23-14-10-9-11-15-23)35-30(38)29(34-6)33(4,5)25-20-36(7)27-17-13-12-16-24(25)27/h9-18,20-21,26,28-29,34H,19H2,1-8H3,(H,35,38)(H,40,41)/b22-18+/t26-,28+,29+/m0/s1. The lowest BCUT2D eigenvalue weighted by atomic mass is 9.77. The van der Waals surface area contributed by atoms with Gasteiger partial charge in [0, 0.05) is 48.6 Å². The number of likely N-dealkylation sites (N-methyl/N-ethyl adjacent to an activating group) is 2. The van der Waals surface area contributed by atoms with Crippen LogP contribution in [0.2, 0.25) is 0 Å². The van der Waals surface area contributed by atoms with Crippen LogP contribution in [0.5, 0.6) is 0 Å². The average Bonchev–Trinajstić information content (AvgIpc) is 3.28. The van der Waals surface area contributed by atoms with E-state index >= 15 is 0 Å². The number of amides is 2. The summed E-state index contributed by atoms with van der Waals surface area (Å²) in [6.07, 6.45) is 3.96. The van der Waals surface area contributed by atoms with Crippen molar-refractivity contribution in [1.29, 1.82) is 0 Å². The van der Waals surface area contributed by atoms with E-state index in [9.17, 15) is 19.5 Å². The van der Waals surface area contributed by atoms with Gasteiger partial charge < -0.3 is 25.2 Å². The highest BCUT2D eigenvalue weighted by Crippen LogP contribution is 2.34. The van der Waals surface area contributed by atoms with Gasteiger partial charge in [0.2, 0.25) is 11.8 Å². The Hall–Kier alpha value is -3.91. The molecule has 2 aromatic carbocycles. The van der Waals surface area contributed by atoms with Crippen LogP contribution in [0.3, 0.4) is 0 Å². The average molecular weight is 561 g/mol. The van der Waals surface area contributed by atoms with Crippen molar-refractivity contribution in [3.63, 3.8) is 0 Å². The fourth-order valence-electron chi connectivity index (χ4n) is 5.61. The lowest BCUT2D eigenvalue weighted by Crippen LogP contribution is -2.59. The molecule has 0 fully saturated rings.